The van der Waals surface area contributed by atoms with E-state index in [1.807, 2.05) is 17.9 Å². The van der Waals surface area contributed by atoms with Gasteiger partial charge in [-0.05, 0) is 30.7 Å². The summed E-state index contributed by atoms with van der Waals surface area (Å²) in [4.78, 5) is 36.2. The number of piperazine rings is 1. The van der Waals surface area contributed by atoms with Crippen LogP contribution in [0.3, 0.4) is 0 Å². The third kappa shape index (κ3) is 4.69. The standard InChI is InChI=1S/C20H22N4O3/c1-15-13-18(22-14-21-15)23-9-11-24(12-10-23)19(25)8-5-16-3-6-17(7-4-16)20(26)27-2/h3-8,13-14H,9-12H2,1-2H3/b8-5+. The molecule has 2 aromatic rings. The molecule has 3 rings (SSSR count). The largest absolute Gasteiger partial charge is 0.465 e. The number of hydrogen-bond donors (Lipinski definition) is 0. The molecule has 0 aliphatic carbocycles. The van der Waals surface area contributed by atoms with Crippen LogP contribution in [-0.4, -0.2) is 60.0 Å². The van der Waals surface area contributed by atoms with E-state index in [0.29, 0.717) is 18.7 Å². The van der Waals surface area contributed by atoms with E-state index < -0.39 is 0 Å². The summed E-state index contributed by atoms with van der Waals surface area (Å²) >= 11 is 0. The lowest BCUT2D eigenvalue weighted by molar-refractivity contribution is -0.126. The Balaban J connectivity index is 1.55. The number of anilines is 1. The van der Waals surface area contributed by atoms with Gasteiger partial charge in [0.15, 0.2) is 0 Å². The molecule has 27 heavy (non-hydrogen) atoms. The van der Waals surface area contributed by atoms with Gasteiger partial charge in [-0.3, -0.25) is 4.79 Å². The summed E-state index contributed by atoms with van der Waals surface area (Å²) < 4.78 is 4.67. The van der Waals surface area contributed by atoms with Gasteiger partial charge in [-0.25, -0.2) is 14.8 Å². The second kappa shape index (κ2) is 8.44. The number of esters is 1. The third-order valence-corrected chi connectivity index (χ3v) is 4.45. The normalized spacial score (nSPS) is 14.4. The second-order valence-electron chi connectivity index (χ2n) is 6.28. The highest BCUT2D eigenvalue weighted by Gasteiger charge is 2.20. The number of aryl methyl sites for hydroxylation is 1. The van der Waals surface area contributed by atoms with Crippen LogP contribution in [0.15, 0.2) is 42.7 Å². The Morgan fingerprint density at radius 2 is 1.78 bits per heavy atom. The summed E-state index contributed by atoms with van der Waals surface area (Å²) in [6.45, 7) is 4.71. The van der Waals surface area contributed by atoms with Crippen molar-refractivity contribution in [3.8, 4) is 0 Å². The van der Waals surface area contributed by atoms with Crippen molar-refractivity contribution < 1.29 is 14.3 Å². The van der Waals surface area contributed by atoms with Gasteiger partial charge in [-0.2, -0.15) is 0 Å². The van der Waals surface area contributed by atoms with Crippen LogP contribution in [-0.2, 0) is 9.53 Å². The molecule has 1 saturated heterocycles. The molecule has 7 heteroatoms. The van der Waals surface area contributed by atoms with E-state index in [2.05, 4.69) is 19.6 Å². The molecule has 7 nitrogen and oxygen atoms in total. The lowest BCUT2D eigenvalue weighted by Gasteiger charge is -2.34. The summed E-state index contributed by atoms with van der Waals surface area (Å²) in [5.74, 6) is 0.500. The number of amides is 1. The third-order valence-electron chi connectivity index (χ3n) is 4.45. The van der Waals surface area contributed by atoms with Crippen LogP contribution < -0.4 is 4.90 Å². The second-order valence-corrected chi connectivity index (χ2v) is 6.28. The highest BCUT2D eigenvalue weighted by Crippen LogP contribution is 2.14. The van der Waals surface area contributed by atoms with Gasteiger partial charge in [-0.15, -0.1) is 0 Å². The fraction of sp³-hybridized carbons (Fsp3) is 0.300. The molecule has 0 saturated carbocycles. The van der Waals surface area contributed by atoms with Crippen molar-refractivity contribution in [1.82, 2.24) is 14.9 Å². The average Bonchev–Trinajstić information content (AvgIpc) is 2.72. The molecule has 0 atom stereocenters. The van der Waals surface area contributed by atoms with Crippen LogP contribution in [0.2, 0.25) is 0 Å². The maximum Gasteiger partial charge on any atom is 0.337 e. The fourth-order valence-corrected chi connectivity index (χ4v) is 2.89. The minimum Gasteiger partial charge on any atom is -0.465 e. The SMILES string of the molecule is COC(=O)c1ccc(/C=C/C(=O)N2CCN(c3cc(C)ncn3)CC2)cc1. The highest BCUT2D eigenvalue weighted by molar-refractivity contribution is 5.92. The minimum atomic E-state index is -0.377. The van der Waals surface area contributed by atoms with E-state index in [0.717, 1.165) is 30.2 Å². The first kappa shape index (κ1) is 18.6. The molecule has 0 radical (unpaired) electrons. The lowest BCUT2D eigenvalue weighted by Crippen LogP contribution is -2.48. The van der Waals surface area contributed by atoms with Gasteiger partial charge in [0.1, 0.15) is 12.1 Å². The Bertz CT molecular complexity index is 841. The topological polar surface area (TPSA) is 75.6 Å². The van der Waals surface area contributed by atoms with Gasteiger partial charge < -0.3 is 14.5 Å². The van der Waals surface area contributed by atoms with Gasteiger partial charge in [0.2, 0.25) is 5.91 Å². The van der Waals surface area contributed by atoms with E-state index in [-0.39, 0.29) is 11.9 Å². The first-order valence-electron chi connectivity index (χ1n) is 8.76. The van der Waals surface area contributed by atoms with E-state index >= 15 is 0 Å². The fourth-order valence-electron chi connectivity index (χ4n) is 2.89. The predicted molar refractivity (Wildman–Crippen MR) is 102 cm³/mol. The van der Waals surface area contributed by atoms with Crippen LogP contribution >= 0.6 is 0 Å². The van der Waals surface area contributed by atoms with Crippen molar-refractivity contribution in [2.24, 2.45) is 0 Å². The van der Waals surface area contributed by atoms with Crippen molar-refractivity contribution >= 4 is 23.8 Å². The van der Waals surface area contributed by atoms with Crippen molar-refractivity contribution in [3.05, 3.63) is 59.6 Å². The molecule has 0 spiro atoms. The molecule has 2 heterocycles. The van der Waals surface area contributed by atoms with Crippen LogP contribution in [0.4, 0.5) is 5.82 Å². The van der Waals surface area contributed by atoms with Gasteiger partial charge in [-0.1, -0.05) is 12.1 Å². The molecule has 1 amide bonds. The van der Waals surface area contributed by atoms with Gasteiger partial charge >= 0.3 is 5.97 Å². The number of rotatable bonds is 4. The maximum absolute atomic E-state index is 12.4. The van der Waals surface area contributed by atoms with Crippen molar-refractivity contribution in [1.29, 1.82) is 0 Å². The zero-order valence-corrected chi connectivity index (χ0v) is 15.5. The number of aromatic nitrogens is 2. The van der Waals surface area contributed by atoms with Crippen LogP contribution in [0.25, 0.3) is 6.08 Å². The Morgan fingerprint density at radius 1 is 1.07 bits per heavy atom. The Kier molecular flexibility index (Phi) is 5.80. The maximum atomic E-state index is 12.4. The van der Waals surface area contributed by atoms with Crippen LogP contribution in [0.5, 0.6) is 0 Å². The van der Waals surface area contributed by atoms with Crippen molar-refractivity contribution in [3.63, 3.8) is 0 Å². The molecule has 1 aliphatic heterocycles. The zero-order valence-electron chi connectivity index (χ0n) is 15.5. The van der Waals surface area contributed by atoms with Gasteiger partial charge in [0, 0.05) is 44.0 Å². The van der Waals surface area contributed by atoms with Gasteiger partial charge in [0.05, 0.1) is 12.7 Å². The first-order valence-corrected chi connectivity index (χ1v) is 8.76. The Hall–Kier alpha value is -3.22. The first-order chi connectivity index (χ1) is 13.1. The number of methoxy groups -OCH3 is 1. The highest BCUT2D eigenvalue weighted by atomic mass is 16.5. The summed E-state index contributed by atoms with van der Waals surface area (Å²) in [7, 11) is 1.35. The number of carbonyl (C=O) groups excluding carboxylic acids is 2. The average molecular weight is 366 g/mol. The molecule has 1 aromatic heterocycles. The molecule has 1 aromatic carbocycles. The van der Waals surface area contributed by atoms with Crippen LogP contribution in [0, 0.1) is 6.92 Å². The van der Waals surface area contributed by atoms with E-state index in [1.54, 1.807) is 42.7 Å². The van der Waals surface area contributed by atoms with Crippen molar-refractivity contribution in [2.75, 3.05) is 38.2 Å². The Morgan fingerprint density at radius 3 is 2.41 bits per heavy atom. The monoisotopic (exact) mass is 366 g/mol. The summed E-state index contributed by atoms with van der Waals surface area (Å²) in [6.07, 6.45) is 4.89. The van der Waals surface area contributed by atoms with Crippen molar-refractivity contribution in [2.45, 2.75) is 6.92 Å². The predicted octanol–water partition coefficient (Wildman–Crippen LogP) is 1.93. The van der Waals surface area contributed by atoms with E-state index in [1.165, 1.54) is 7.11 Å². The number of nitrogens with zero attached hydrogens (tertiary/aromatic N) is 4. The number of ether oxygens (including phenoxy) is 1. The molecule has 0 N–H and O–H groups in total. The molecule has 1 fully saturated rings. The Labute approximate surface area is 158 Å². The molecule has 0 bridgehead atoms. The van der Waals surface area contributed by atoms with E-state index in [9.17, 15) is 9.59 Å². The van der Waals surface area contributed by atoms with E-state index in [4.69, 9.17) is 0 Å². The quantitative estimate of drug-likeness (QED) is 0.608. The number of carbonyl (C=O) groups is 2. The van der Waals surface area contributed by atoms with Crippen LogP contribution in [0.1, 0.15) is 21.6 Å². The number of benzene rings is 1. The molecule has 1 aliphatic rings. The molecular formula is C20H22N4O3. The summed E-state index contributed by atoms with van der Waals surface area (Å²) in [5, 5.41) is 0. The summed E-state index contributed by atoms with van der Waals surface area (Å²) in [5.41, 5.74) is 2.27. The number of hydrogen-bond acceptors (Lipinski definition) is 6. The molecule has 140 valence electrons. The molecular weight excluding hydrogens is 344 g/mol. The lowest BCUT2D eigenvalue weighted by atomic mass is 10.1. The summed E-state index contributed by atoms with van der Waals surface area (Å²) in [6, 6.07) is 8.88. The zero-order chi connectivity index (χ0) is 19.2. The van der Waals surface area contributed by atoms with Gasteiger partial charge in [0.25, 0.3) is 0 Å². The molecule has 0 unspecified atom stereocenters. The minimum absolute atomic E-state index is 0.0226. The smallest absolute Gasteiger partial charge is 0.337 e.